The number of benzene rings is 2. The minimum atomic E-state index is -3.59. The fourth-order valence-corrected chi connectivity index (χ4v) is 4.55. The third-order valence-corrected chi connectivity index (χ3v) is 5.69. The highest BCUT2D eigenvalue weighted by atomic mass is 79.9. The third-order valence-electron chi connectivity index (χ3n) is 3.10. The van der Waals surface area contributed by atoms with Crippen molar-refractivity contribution in [3.63, 3.8) is 0 Å². The molecule has 0 amide bonds. The van der Waals surface area contributed by atoms with Gasteiger partial charge in [-0.2, -0.15) is 0 Å². The molecule has 23 heavy (non-hydrogen) atoms. The molecule has 0 bridgehead atoms. The molecule has 124 valence electrons. The first kappa shape index (κ1) is 18.3. The zero-order chi connectivity index (χ0) is 17.0. The van der Waals surface area contributed by atoms with Crippen LogP contribution in [-0.4, -0.2) is 22.6 Å². The Balaban J connectivity index is 2.15. The van der Waals surface area contributed by atoms with Crippen LogP contribution >= 0.6 is 31.9 Å². The Bertz CT molecular complexity index is 769. The average molecular weight is 465 g/mol. The molecule has 0 spiro atoms. The number of sulfonamides is 1. The summed E-state index contributed by atoms with van der Waals surface area (Å²) in [6, 6.07) is 9.83. The molecule has 8 heteroatoms. The second-order valence-corrected chi connectivity index (χ2v) is 8.07. The van der Waals surface area contributed by atoms with Gasteiger partial charge in [-0.1, -0.05) is 0 Å². The predicted molar refractivity (Wildman–Crippen MR) is 95.4 cm³/mol. The summed E-state index contributed by atoms with van der Waals surface area (Å²) in [6.07, 6.45) is 0. The van der Waals surface area contributed by atoms with E-state index in [1.54, 1.807) is 31.4 Å². The van der Waals surface area contributed by atoms with Crippen LogP contribution in [0.15, 0.2) is 50.2 Å². The van der Waals surface area contributed by atoms with Crippen molar-refractivity contribution >= 4 is 41.9 Å². The van der Waals surface area contributed by atoms with Crippen molar-refractivity contribution in [2.45, 2.75) is 11.4 Å². The van der Waals surface area contributed by atoms with Gasteiger partial charge >= 0.3 is 0 Å². The molecule has 0 heterocycles. The first-order valence-electron chi connectivity index (χ1n) is 6.53. The zero-order valence-electron chi connectivity index (χ0n) is 12.5. The molecule has 2 aromatic rings. The molecule has 0 aliphatic heterocycles. The topological polar surface area (TPSA) is 64.6 Å². The second-order valence-electron chi connectivity index (χ2n) is 4.59. The quantitative estimate of drug-likeness (QED) is 0.707. The maximum atomic E-state index is 12.3. The largest absolute Gasteiger partial charge is 0.497 e. The van der Waals surface area contributed by atoms with Gasteiger partial charge in [0.1, 0.15) is 11.5 Å². The van der Waals surface area contributed by atoms with E-state index < -0.39 is 10.0 Å². The molecule has 5 nitrogen and oxygen atoms in total. The summed E-state index contributed by atoms with van der Waals surface area (Å²) in [5.41, 5.74) is 0.793. The summed E-state index contributed by atoms with van der Waals surface area (Å²) in [5.74, 6) is 1.26. The number of methoxy groups -OCH3 is 2. The lowest BCUT2D eigenvalue weighted by molar-refractivity contribution is 0.409. The fraction of sp³-hybridized carbons (Fsp3) is 0.200. The van der Waals surface area contributed by atoms with Crippen LogP contribution in [0.25, 0.3) is 0 Å². The summed E-state index contributed by atoms with van der Waals surface area (Å²) in [6.45, 7) is 0.162. The Hall–Kier alpha value is -1.09. The van der Waals surface area contributed by atoms with Crippen molar-refractivity contribution in [3.05, 3.63) is 50.9 Å². The monoisotopic (exact) mass is 463 g/mol. The summed E-state index contributed by atoms with van der Waals surface area (Å²) in [5, 5.41) is 0. The van der Waals surface area contributed by atoms with Crippen molar-refractivity contribution in [3.8, 4) is 11.5 Å². The lowest BCUT2D eigenvalue weighted by Gasteiger charge is -2.11. The average Bonchev–Trinajstić information content (AvgIpc) is 2.53. The van der Waals surface area contributed by atoms with Crippen LogP contribution in [0.1, 0.15) is 5.56 Å². The molecule has 2 aromatic carbocycles. The van der Waals surface area contributed by atoms with Crippen LogP contribution in [0.4, 0.5) is 0 Å². The van der Waals surface area contributed by atoms with Crippen LogP contribution in [0, 0.1) is 0 Å². The predicted octanol–water partition coefficient (Wildman–Crippen LogP) is 3.71. The number of halogens is 2. The number of rotatable bonds is 6. The normalized spacial score (nSPS) is 11.3. The molecule has 0 aromatic heterocycles. The smallest absolute Gasteiger partial charge is 0.240 e. The van der Waals surface area contributed by atoms with Crippen molar-refractivity contribution in [2.75, 3.05) is 14.2 Å². The van der Waals surface area contributed by atoms with Crippen LogP contribution in [0.2, 0.25) is 0 Å². The Morgan fingerprint density at radius 1 is 1.00 bits per heavy atom. The first-order chi connectivity index (χ1) is 10.9. The fourth-order valence-electron chi connectivity index (χ4n) is 1.93. The molecule has 1 N–H and O–H groups in total. The van der Waals surface area contributed by atoms with Crippen molar-refractivity contribution in [1.82, 2.24) is 4.72 Å². The van der Waals surface area contributed by atoms with E-state index in [0.29, 0.717) is 11.5 Å². The number of hydrogen-bond acceptors (Lipinski definition) is 4. The number of hydrogen-bond donors (Lipinski definition) is 1. The maximum Gasteiger partial charge on any atom is 0.240 e. The molecule has 0 atom stereocenters. The van der Waals surface area contributed by atoms with Gasteiger partial charge in [-0.3, -0.25) is 0 Å². The van der Waals surface area contributed by atoms with Gasteiger partial charge in [0.05, 0.1) is 28.1 Å². The van der Waals surface area contributed by atoms with Crippen LogP contribution in [-0.2, 0) is 16.6 Å². The standard InChI is InChI=1S/C15H15Br2NO4S/c1-21-11-3-5-12(6-4-11)23(19,20)18-9-10-7-13(16)15(22-2)14(17)8-10/h3-8,18H,9H2,1-2H3. The molecule has 0 saturated carbocycles. The van der Waals surface area contributed by atoms with E-state index in [-0.39, 0.29) is 11.4 Å². The molecule has 2 rings (SSSR count). The summed E-state index contributed by atoms with van der Waals surface area (Å²) >= 11 is 6.79. The second kappa shape index (κ2) is 7.65. The van der Waals surface area contributed by atoms with Gasteiger partial charge in [-0.05, 0) is 73.8 Å². The minimum absolute atomic E-state index is 0.162. The highest BCUT2D eigenvalue weighted by Gasteiger charge is 2.15. The lowest BCUT2D eigenvalue weighted by Crippen LogP contribution is -2.23. The molecular formula is C15H15Br2NO4S. The van der Waals surface area contributed by atoms with Crippen LogP contribution in [0.3, 0.4) is 0 Å². The molecule has 0 radical (unpaired) electrons. The molecular weight excluding hydrogens is 450 g/mol. The van der Waals surface area contributed by atoms with Crippen molar-refractivity contribution in [1.29, 1.82) is 0 Å². The minimum Gasteiger partial charge on any atom is -0.497 e. The third kappa shape index (κ3) is 4.47. The summed E-state index contributed by atoms with van der Waals surface area (Å²) in [4.78, 5) is 0.185. The molecule has 0 fully saturated rings. The summed E-state index contributed by atoms with van der Waals surface area (Å²) in [7, 11) is -0.497. The van der Waals surface area contributed by atoms with E-state index in [9.17, 15) is 8.42 Å². The van der Waals surface area contributed by atoms with Crippen molar-refractivity contribution in [2.24, 2.45) is 0 Å². The van der Waals surface area contributed by atoms with Crippen LogP contribution in [0.5, 0.6) is 11.5 Å². The van der Waals surface area contributed by atoms with Gasteiger partial charge in [0.25, 0.3) is 0 Å². The Labute approximate surface area is 152 Å². The molecule has 0 aliphatic rings. The van der Waals surface area contributed by atoms with E-state index in [0.717, 1.165) is 14.5 Å². The first-order valence-corrected chi connectivity index (χ1v) is 9.60. The van der Waals surface area contributed by atoms with E-state index in [1.807, 2.05) is 0 Å². The number of ether oxygens (including phenoxy) is 2. The van der Waals surface area contributed by atoms with Gasteiger partial charge < -0.3 is 9.47 Å². The highest BCUT2D eigenvalue weighted by Crippen LogP contribution is 2.34. The molecule has 0 unspecified atom stereocenters. The van der Waals surface area contributed by atoms with E-state index in [2.05, 4.69) is 36.6 Å². The van der Waals surface area contributed by atoms with Crippen LogP contribution < -0.4 is 14.2 Å². The van der Waals surface area contributed by atoms with E-state index in [4.69, 9.17) is 9.47 Å². The van der Waals surface area contributed by atoms with Gasteiger partial charge in [0.2, 0.25) is 10.0 Å². The van der Waals surface area contributed by atoms with Gasteiger partial charge in [0.15, 0.2) is 0 Å². The Morgan fingerprint density at radius 2 is 1.57 bits per heavy atom. The van der Waals surface area contributed by atoms with Crippen molar-refractivity contribution < 1.29 is 17.9 Å². The Kier molecular flexibility index (Phi) is 6.07. The van der Waals surface area contributed by atoms with E-state index >= 15 is 0 Å². The highest BCUT2D eigenvalue weighted by molar-refractivity contribution is 9.11. The maximum absolute atomic E-state index is 12.3. The van der Waals surface area contributed by atoms with E-state index in [1.165, 1.54) is 19.2 Å². The molecule has 0 saturated heterocycles. The lowest BCUT2D eigenvalue weighted by atomic mass is 10.2. The van der Waals surface area contributed by atoms with Gasteiger partial charge in [-0.15, -0.1) is 0 Å². The Morgan fingerprint density at radius 3 is 2.04 bits per heavy atom. The molecule has 0 aliphatic carbocycles. The summed E-state index contributed by atoms with van der Waals surface area (Å²) < 4.78 is 38.9. The van der Waals surface area contributed by atoms with Gasteiger partial charge in [0, 0.05) is 6.54 Å². The van der Waals surface area contributed by atoms with Gasteiger partial charge in [-0.25, -0.2) is 13.1 Å². The SMILES string of the molecule is COc1ccc(S(=O)(=O)NCc2cc(Br)c(OC)c(Br)c2)cc1. The zero-order valence-corrected chi connectivity index (χ0v) is 16.5. The number of nitrogens with one attached hydrogen (secondary N) is 1.